The lowest BCUT2D eigenvalue weighted by Gasteiger charge is -2.38. The summed E-state index contributed by atoms with van der Waals surface area (Å²) in [6.07, 6.45) is 10.9. The third-order valence-corrected chi connectivity index (χ3v) is 5.82. The molecule has 0 amide bonds. The summed E-state index contributed by atoms with van der Waals surface area (Å²) < 4.78 is 19.0. The van der Waals surface area contributed by atoms with Gasteiger partial charge < -0.3 is 4.74 Å². The maximum atomic E-state index is 13.1. The highest BCUT2D eigenvalue weighted by molar-refractivity contribution is 5.19. The number of benzene rings is 1. The molecule has 1 aromatic rings. The molecule has 3 rings (SSSR count). The minimum Gasteiger partial charge on any atom is -0.374 e. The minimum absolute atomic E-state index is 0.162. The number of rotatable bonds is 4. The Morgan fingerprint density at radius 2 is 1.73 bits per heavy atom. The molecule has 2 atom stereocenters. The first-order valence-corrected chi connectivity index (χ1v) is 9.13. The normalized spacial score (nSPS) is 32.8. The molecule has 0 N–H and O–H groups in total. The van der Waals surface area contributed by atoms with Gasteiger partial charge in [-0.2, -0.15) is 0 Å². The number of hydrogen-bond donors (Lipinski definition) is 0. The Balaban J connectivity index is 1.56. The van der Waals surface area contributed by atoms with E-state index in [9.17, 15) is 4.39 Å². The molecular weight excluding hydrogens is 275 g/mol. The monoisotopic (exact) mass is 304 g/mol. The molecule has 0 bridgehead atoms. The van der Waals surface area contributed by atoms with Gasteiger partial charge in [0.25, 0.3) is 0 Å². The van der Waals surface area contributed by atoms with Gasteiger partial charge in [0.15, 0.2) is 0 Å². The average molecular weight is 304 g/mol. The maximum absolute atomic E-state index is 13.1. The third kappa shape index (κ3) is 3.90. The van der Waals surface area contributed by atoms with Crippen molar-refractivity contribution in [2.75, 3.05) is 6.61 Å². The Bertz CT molecular complexity index is 447. The van der Waals surface area contributed by atoms with Crippen LogP contribution in [0.15, 0.2) is 24.3 Å². The topological polar surface area (TPSA) is 9.23 Å². The van der Waals surface area contributed by atoms with Gasteiger partial charge in [-0.3, -0.25) is 0 Å². The quantitative estimate of drug-likeness (QED) is 0.673. The summed E-state index contributed by atoms with van der Waals surface area (Å²) in [7, 11) is 0. The lowest BCUT2D eigenvalue weighted by Crippen LogP contribution is -2.28. The van der Waals surface area contributed by atoms with Gasteiger partial charge >= 0.3 is 0 Å². The van der Waals surface area contributed by atoms with Gasteiger partial charge in [0.05, 0.1) is 6.10 Å². The molecule has 1 saturated heterocycles. The lowest BCUT2D eigenvalue weighted by molar-refractivity contribution is -0.0303. The molecule has 2 unspecified atom stereocenters. The molecule has 2 aliphatic rings. The van der Waals surface area contributed by atoms with Crippen molar-refractivity contribution in [3.8, 4) is 0 Å². The molecule has 2 heteroatoms. The van der Waals surface area contributed by atoms with Crippen LogP contribution in [0.5, 0.6) is 0 Å². The van der Waals surface area contributed by atoms with Crippen molar-refractivity contribution in [2.45, 2.75) is 64.4 Å². The van der Waals surface area contributed by atoms with E-state index in [1.165, 1.54) is 44.9 Å². The Morgan fingerprint density at radius 3 is 2.41 bits per heavy atom. The van der Waals surface area contributed by atoms with Crippen LogP contribution >= 0.6 is 0 Å². The van der Waals surface area contributed by atoms with E-state index in [0.717, 1.165) is 36.3 Å². The first-order valence-electron chi connectivity index (χ1n) is 9.13. The molecule has 0 radical (unpaired) electrons. The van der Waals surface area contributed by atoms with E-state index in [1.807, 2.05) is 12.1 Å². The predicted octanol–water partition coefficient (Wildman–Crippen LogP) is 5.90. The molecular formula is C20H29FO. The van der Waals surface area contributed by atoms with Crippen LogP contribution in [-0.2, 0) is 4.74 Å². The summed E-state index contributed by atoms with van der Waals surface area (Å²) >= 11 is 0. The summed E-state index contributed by atoms with van der Waals surface area (Å²) in [6.45, 7) is 3.17. The predicted molar refractivity (Wildman–Crippen MR) is 88.2 cm³/mol. The molecule has 1 nitrogen and oxygen atoms in total. The fourth-order valence-corrected chi connectivity index (χ4v) is 4.52. The van der Waals surface area contributed by atoms with E-state index >= 15 is 0 Å². The second kappa shape index (κ2) is 7.59. The molecule has 1 aliphatic heterocycles. The first-order chi connectivity index (χ1) is 10.8. The Morgan fingerprint density at radius 1 is 1.00 bits per heavy atom. The molecule has 122 valence electrons. The molecule has 2 fully saturated rings. The van der Waals surface area contributed by atoms with E-state index in [4.69, 9.17) is 4.74 Å². The average Bonchev–Trinajstić information content (AvgIpc) is 2.57. The van der Waals surface area contributed by atoms with Gasteiger partial charge in [0.2, 0.25) is 0 Å². The minimum atomic E-state index is -0.162. The van der Waals surface area contributed by atoms with Gasteiger partial charge in [-0.25, -0.2) is 4.39 Å². The highest BCUT2D eigenvalue weighted by Crippen LogP contribution is 2.42. The van der Waals surface area contributed by atoms with Gasteiger partial charge in [-0.15, -0.1) is 0 Å². The largest absolute Gasteiger partial charge is 0.374 e. The smallest absolute Gasteiger partial charge is 0.123 e. The van der Waals surface area contributed by atoms with E-state index in [-0.39, 0.29) is 11.9 Å². The number of ether oxygens (including phenoxy) is 1. The van der Waals surface area contributed by atoms with Crippen LogP contribution in [0.2, 0.25) is 0 Å². The van der Waals surface area contributed by atoms with E-state index in [0.29, 0.717) is 0 Å². The fourth-order valence-electron chi connectivity index (χ4n) is 4.52. The van der Waals surface area contributed by atoms with Crippen LogP contribution in [0.1, 0.15) is 70.0 Å². The van der Waals surface area contributed by atoms with Crippen LogP contribution < -0.4 is 0 Å². The van der Waals surface area contributed by atoms with E-state index in [1.54, 1.807) is 12.1 Å². The number of hydrogen-bond acceptors (Lipinski definition) is 1. The summed E-state index contributed by atoms with van der Waals surface area (Å²) in [5, 5.41) is 0. The van der Waals surface area contributed by atoms with Crippen LogP contribution in [0, 0.1) is 23.6 Å². The summed E-state index contributed by atoms with van der Waals surface area (Å²) in [5.74, 6) is 2.51. The highest BCUT2D eigenvalue weighted by atomic mass is 19.1. The van der Waals surface area contributed by atoms with E-state index in [2.05, 4.69) is 6.92 Å². The zero-order valence-electron chi connectivity index (χ0n) is 13.8. The summed E-state index contributed by atoms with van der Waals surface area (Å²) in [5.41, 5.74) is 1.14. The molecule has 0 spiro atoms. The summed E-state index contributed by atoms with van der Waals surface area (Å²) in [4.78, 5) is 0. The van der Waals surface area contributed by atoms with Gasteiger partial charge in [0, 0.05) is 6.61 Å². The maximum Gasteiger partial charge on any atom is 0.123 e. The molecule has 1 aliphatic carbocycles. The van der Waals surface area contributed by atoms with Crippen molar-refractivity contribution in [1.29, 1.82) is 0 Å². The van der Waals surface area contributed by atoms with Crippen molar-refractivity contribution in [1.82, 2.24) is 0 Å². The standard InChI is InChI=1S/C20H29FO/c1-2-3-15-4-6-16(7-5-15)18-12-13-22-20(14-18)17-8-10-19(21)11-9-17/h8-11,15-16,18,20H,2-7,12-14H2,1H3. The third-order valence-electron chi connectivity index (χ3n) is 5.82. The van der Waals surface area contributed by atoms with Crippen LogP contribution in [-0.4, -0.2) is 6.61 Å². The van der Waals surface area contributed by atoms with Crippen molar-refractivity contribution < 1.29 is 9.13 Å². The Kier molecular flexibility index (Phi) is 5.51. The molecule has 0 aromatic heterocycles. The molecule has 1 aromatic carbocycles. The fraction of sp³-hybridized carbons (Fsp3) is 0.700. The van der Waals surface area contributed by atoms with Crippen molar-refractivity contribution in [2.24, 2.45) is 17.8 Å². The molecule has 1 saturated carbocycles. The van der Waals surface area contributed by atoms with Crippen molar-refractivity contribution >= 4 is 0 Å². The van der Waals surface area contributed by atoms with Crippen molar-refractivity contribution in [3.63, 3.8) is 0 Å². The summed E-state index contributed by atoms with van der Waals surface area (Å²) in [6, 6.07) is 6.89. The zero-order valence-corrected chi connectivity index (χ0v) is 13.8. The second-order valence-corrected chi connectivity index (χ2v) is 7.26. The van der Waals surface area contributed by atoms with Gasteiger partial charge in [0.1, 0.15) is 5.82 Å². The van der Waals surface area contributed by atoms with Gasteiger partial charge in [-0.1, -0.05) is 44.7 Å². The van der Waals surface area contributed by atoms with Gasteiger partial charge in [-0.05, 0) is 61.1 Å². The van der Waals surface area contributed by atoms with Crippen LogP contribution in [0.4, 0.5) is 4.39 Å². The van der Waals surface area contributed by atoms with Crippen LogP contribution in [0.25, 0.3) is 0 Å². The second-order valence-electron chi connectivity index (χ2n) is 7.26. The Labute approximate surface area is 134 Å². The lowest BCUT2D eigenvalue weighted by atomic mass is 9.71. The molecule has 22 heavy (non-hydrogen) atoms. The molecule has 1 heterocycles. The van der Waals surface area contributed by atoms with Crippen molar-refractivity contribution in [3.05, 3.63) is 35.6 Å². The first kappa shape index (κ1) is 16.0. The SMILES string of the molecule is CCCC1CCC(C2CCOC(c3ccc(F)cc3)C2)CC1. The Hall–Kier alpha value is -0.890. The number of halogens is 1. The van der Waals surface area contributed by atoms with E-state index < -0.39 is 0 Å². The highest BCUT2D eigenvalue weighted by Gasteiger charge is 2.32. The zero-order chi connectivity index (χ0) is 15.4. The van der Waals surface area contributed by atoms with Crippen LogP contribution in [0.3, 0.4) is 0 Å².